The lowest BCUT2D eigenvalue weighted by molar-refractivity contribution is 0.158. The molecule has 1 aromatic rings. The monoisotopic (exact) mass is 244 g/mol. The Balaban J connectivity index is 2.15. The summed E-state index contributed by atoms with van der Waals surface area (Å²) in [7, 11) is 4.73. The normalized spacial score (nSPS) is 9.93. The molecule has 0 atom stereocenters. The molecular formula is C9H12N2O2S2. The van der Waals surface area contributed by atoms with Crippen LogP contribution in [0.25, 0.3) is 0 Å². The van der Waals surface area contributed by atoms with Crippen molar-refractivity contribution in [3.05, 3.63) is 24.4 Å². The molecule has 1 heterocycles. The van der Waals surface area contributed by atoms with E-state index in [0.29, 0.717) is 6.54 Å². The smallest absolute Gasteiger partial charge is 0.407 e. The summed E-state index contributed by atoms with van der Waals surface area (Å²) >= 11 is 0. The summed E-state index contributed by atoms with van der Waals surface area (Å²) in [4.78, 5) is 15.9. The average molecular weight is 244 g/mol. The lowest BCUT2D eigenvalue weighted by Crippen LogP contribution is -2.26. The second-order valence-corrected chi connectivity index (χ2v) is 5.21. The number of carbonyl (C=O) groups is 1. The van der Waals surface area contributed by atoms with Gasteiger partial charge in [-0.25, -0.2) is 9.78 Å². The fraction of sp³-hybridized carbons (Fsp3) is 0.333. The van der Waals surface area contributed by atoms with Crippen molar-refractivity contribution in [1.29, 1.82) is 0 Å². The summed E-state index contributed by atoms with van der Waals surface area (Å²) in [5.74, 6) is 0.754. The Hall–Kier alpha value is -0.880. The fourth-order valence-electron chi connectivity index (χ4n) is 0.768. The summed E-state index contributed by atoms with van der Waals surface area (Å²) in [6.45, 7) is 0.528. The number of pyridine rings is 1. The largest absolute Gasteiger partial charge is 0.465 e. The van der Waals surface area contributed by atoms with E-state index in [1.54, 1.807) is 34.8 Å². The van der Waals surface area contributed by atoms with E-state index in [9.17, 15) is 4.79 Å². The number of aromatic nitrogens is 1. The van der Waals surface area contributed by atoms with Crippen LogP contribution in [-0.4, -0.2) is 40.4 Å². The molecular weight excluding hydrogens is 232 g/mol. The van der Waals surface area contributed by atoms with Gasteiger partial charge in [0.1, 0.15) is 5.03 Å². The van der Waals surface area contributed by atoms with Crippen LogP contribution in [0.1, 0.15) is 0 Å². The van der Waals surface area contributed by atoms with E-state index < -0.39 is 6.09 Å². The minimum Gasteiger partial charge on any atom is -0.465 e. The third-order valence-electron chi connectivity index (χ3n) is 1.62. The van der Waals surface area contributed by atoms with Crippen LogP contribution in [0.15, 0.2) is 29.4 Å². The third-order valence-corrected chi connectivity index (χ3v) is 3.86. The highest BCUT2D eigenvalue weighted by molar-refractivity contribution is 8.76. The number of rotatable bonds is 5. The summed E-state index contributed by atoms with van der Waals surface area (Å²) in [5.41, 5.74) is 0. The van der Waals surface area contributed by atoms with E-state index in [1.165, 1.54) is 4.90 Å². The van der Waals surface area contributed by atoms with Crippen molar-refractivity contribution >= 4 is 27.7 Å². The maximum absolute atomic E-state index is 10.5. The Morgan fingerprint density at radius 2 is 2.40 bits per heavy atom. The van der Waals surface area contributed by atoms with Gasteiger partial charge in [-0.2, -0.15) is 0 Å². The first-order valence-electron chi connectivity index (χ1n) is 4.34. The van der Waals surface area contributed by atoms with Crippen molar-refractivity contribution in [1.82, 2.24) is 9.88 Å². The Morgan fingerprint density at radius 1 is 1.60 bits per heavy atom. The summed E-state index contributed by atoms with van der Waals surface area (Å²) in [5, 5.41) is 9.54. The van der Waals surface area contributed by atoms with Gasteiger partial charge < -0.3 is 10.0 Å². The molecule has 0 aliphatic rings. The van der Waals surface area contributed by atoms with Gasteiger partial charge in [-0.05, 0) is 22.9 Å². The van der Waals surface area contributed by atoms with Gasteiger partial charge in [0.15, 0.2) is 0 Å². The molecule has 0 saturated heterocycles. The molecule has 1 aromatic heterocycles. The molecule has 0 bridgehead atoms. The maximum atomic E-state index is 10.5. The Labute approximate surface area is 96.5 Å². The van der Waals surface area contributed by atoms with E-state index in [0.717, 1.165) is 10.8 Å². The van der Waals surface area contributed by atoms with Crippen molar-refractivity contribution < 1.29 is 9.90 Å². The molecule has 0 aliphatic carbocycles. The van der Waals surface area contributed by atoms with Crippen LogP contribution in [0.5, 0.6) is 0 Å². The van der Waals surface area contributed by atoms with E-state index in [-0.39, 0.29) is 0 Å². The van der Waals surface area contributed by atoms with E-state index in [4.69, 9.17) is 5.11 Å². The lowest BCUT2D eigenvalue weighted by Gasteiger charge is -2.11. The van der Waals surface area contributed by atoms with Crippen LogP contribution in [-0.2, 0) is 0 Å². The maximum Gasteiger partial charge on any atom is 0.407 e. The van der Waals surface area contributed by atoms with Crippen LogP contribution < -0.4 is 0 Å². The van der Waals surface area contributed by atoms with Gasteiger partial charge in [-0.1, -0.05) is 16.9 Å². The van der Waals surface area contributed by atoms with Crippen molar-refractivity contribution in [3.63, 3.8) is 0 Å². The highest BCUT2D eigenvalue weighted by Gasteiger charge is 2.04. The van der Waals surface area contributed by atoms with Gasteiger partial charge in [-0.3, -0.25) is 0 Å². The summed E-state index contributed by atoms with van der Waals surface area (Å²) in [6.07, 6.45) is 0.852. The van der Waals surface area contributed by atoms with Crippen LogP contribution in [0.3, 0.4) is 0 Å². The van der Waals surface area contributed by atoms with E-state index >= 15 is 0 Å². The third kappa shape index (κ3) is 4.94. The zero-order chi connectivity index (χ0) is 11.1. The number of amides is 1. The van der Waals surface area contributed by atoms with Crippen molar-refractivity contribution in [2.45, 2.75) is 5.03 Å². The molecule has 15 heavy (non-hydrogen) atoms. The fourth-order valence-corrected chi connectivity index (χ4v) is 2.69. The lowest BCUT2D eigenvalue weighted by atomic mass is 10.5. The Kier molecular flexibility index (Phi) is 5.34. The zero-order valence-corrected chi connectivity index (χ0v) is 9.92. The molecule has 1 rings (SSSR count). The molecule has 0 aliphatic heterocycles. The second kappa shape index (κ2) is 6.58. The number of carboxylic acid groups (broad SMARTS) is 1. The van der Waals surface area contributed by atoms with Crippen LogP contribution in [0.2, 0.25) is 0 Å². The Morgan fingerprint density at radius 3 is 3.00 bits per heavy atom. The highest BCUT2D eigenvalue weighted by Crippen LogP contribution is 2.28. The minimum absolute atomic E-state index is 0.528. The number of nitrogens with zero attached hydrogens (tertiary/aromatic N) is 2. The van der Waals surface area contributed by atoms with Crippen LogP contribution in [0.4, 0.5) is 4.79 Å². The highest BCUT2D eigenvalue weighted by atomic mass is 33.1. The molecule has 0 unspecified atom stereocenters. The zero-order valence-electron chi connectivity index (χ0n) is 8.29. The standard InChI is InChI=1S/C9H12N2O2S2/c1-11(9(12)13)6-7-14-15-8-4-2-3-5-10-8/h2-5H,6-7H2,1H3,(H,12,13). The van der Waals surface area contributed by atoms with Crippen molar-refractivity contribution in [3.8, 4) is 0 Å². The molecule has 1 N–H and O–H groups in total. The van der Waals surface area contributed by atoms with Gasteiger partial charge in [0.05, 0.1) is 0 Å². The predicted molar refractivity (Wildman–Crippen MR) is 63.2 cm³/mol. The van der Waals surface area contributed by atoms with E-state index in [2.05, 4.69) is 4.98 Å². The molecule has 0 radical (unpaired) electrons. The van der Waals surface area contributed by atoms with Gasteiger partial charge in [0.25, 0.3) is 0 Å². The molecule has 82 valence electrons. The topological polar surface area (TPSA) is 53.4 Å². The molecule has 0 spiro atoms. The summed E-state index contributed by atoms with van der Waals surface area (Å²) < 4.78 is 0. The average Bonchev–Trinajstić information content (AvgIpc) is 2.25. The first kappa shape index (κ1) is 12.2. The SMILES string of the molecule is CN(CCSSc1ccccn1)C(=O)O. The van der Waals surface area contributed by atoms with Crippen molar-refractivity contribution in [2.75, 3.05) is 19.3 Å². The second-order valence-electron chi connectivity index (χ2n) is 2.78. The first-order valence-corrected chi connectivity index (χ1v) is 6.66. The first-order chi connectivity index (χ1) is 7.20. The van der Waals surface area contributed by atoms with Crippen molar-refractivity contribution in [2.24, 2.45) is 0 Å². The predicted octanol–water partition coefficient (Wildman–Crippen LogP) is 2.43. The molecule has 4 nitrogen and oxygen atoms in total. The van der Waals surface area contributed by atoms with Gasteiger partial charge in [0.2, 0.25) is 0 Å². The molecule has 1 amide bonds. The minimum atomic E-state index is -0.890. The molecule has 0 saturated carbocycles. The Bertz CT molecular complexity index is 308. The number of hydrogen-bond acceptors (Lipinski definition) is 4. The summed E-state index contributed by atoms with van der Waals surface area (Å²) in [6, 6.07) is 5.73. The van der Waals surface area contributed by atoms with Crippen LogP contribution in [0, 0.1) is 0 Å². The molecule has 0 fully saturated rings. The molecule has 0 aromatic carbocycles. The van der Waals surface area contributed by atoms with Gasteiger partial charge >= 0.3 is 6.09 Å². The van der Waals surface area contributed by atoms with Gasteiger partial charge in [-0.15, -0.1) is 0 Å². The van der Waals surface area contributed by atoms with Crippen LogP contribution >= 0.6 is 21.6 Å². The molecule has 6 heteroatoms. The number of hydrogen-bond donors (Lipinski definition) is 1. The van der Waals surface area contributed by atoms with Gasteiger partial charge in [0, 0.05) is 25.5 Å². The van der Waals surface area contributed by atoms with E-state index in [1.807, 2.05) is 18.2 Å². The quantitative estimate of drug-likeness (QED) is 0.637.